The number of fused-ring (bicyclic) bond motifs is 1. The van der Waals surface area contributed by atoms with Gasteiger partial charge in [0, 0.05) is 10.0 Å². The third kappa shape index (κ3) is 4.93. The molecule has 2 atom stereocenters. The molecular weight excluding hydrogens is 389 g/mol. The Morgan fingerprint density at radius 3 is 2.81 bits per heavy atom. The highest BCUT2D eigenvalue weighted by molar-refractivity contribution is 6.31. The third-order valence-corrected chi connectivity index (χ3v) is 4.94. The van der Waals surface area contributed by atoms with Crippen LogP contribution < -0.4 is 10.1 Å². The van der Waals surface area contributed by atoms with Gasteiger partial charge < -0.3 is 14.8 Å². The molecule has 0 saturated heterocycles. The Bertz CT molecular complexity index is 856. The van der Waals surface area contributed by atoms with E-state index < -0.39 is 17.8 Å². The molecule has 1 aliphatic heterocycles. The molecule has 0 saturated carbocycles. The van der Waals surface area contributed by atoms with Crippen molar-refractivity contribution in [2.24, 2.45) is 5.92 Å². The number of esters is 1. The lowest BCUT2D eigenvalue weighted by atomic mass is 9.97. The van der Waals surface area contributed by atoms with E-state index in [0.717, 1.165) is 16.9 Å². The van der Waals surface area contributed by atoms with Gasteiger partial charge in [-0.1, -0.05) is 41.4 Å². The number of amides is 1. The van der Waals surface area contributed by atoms with Crippen molar-refractivity contribution < 1.29 is 19.1 Å². The maximum Gasteiger partial charge on any atom is 0.313 e. The van der Waals surface area contributed by atoms with Gasteiger partial charge in [0.05, 0.1) is 12.0 Å². The minimum Gasteiger partial charge on any atom is -0.492 e. The van der Waals surface area contributed by atoms with Crippen molar-refractivity contribution in [2.75, 3.05) is 13.2 Å². The standard InChI is InChI=1S/C20H19Cl2NO4/c1-12(16-4-2-3-5-17(16)22)23-19(24)11-27-20(25)14-8-13-9-15(21)6-7-18(13)26-10-14/h2-7,9,12,14H,8,10-11H2,1H3,(H,23,24)/t12-,14+/m0/s1. The summed E-state index contributed by atoms with van der Waals surface area (Å²) in [7, 11) is 0. The second-order valence-electron chi connectivity index (χ2n) is 6.38. The van der Waals surface area contributed by atoms with Crippen LogP contribution in [-0.2, 0) is 20.7 Å². The van der Waals surface area contributed by atoms with Crippen molar-refractivity contribution in [1.82, 2.24) is 5.32 Å². The molecule has 0 unspecified atom stereocenters. The van der Waals surface area contributed by atoms with Gasteiger partial charge in [0.15, 0.2) is 6.61 Å². The van der Waals surface area contributed by atoms with Crippen molar-refractivity contribution >= 4 is 35.1 Å². The summed E-state index contributed by atoms with van der Waals surface area (Å²) in [5.74, 6) is -0.614. The summed E-state index contributed by atoms with van der Waals surface area (Å²) in [5, 5.41) is 3.92. The highest BCUT2D eigenvalue weighted by atomic mass is 35.5. The van der Waals surface area contributed by atoms with Crippen molar-refractivity contribution in [1.29, 1.82) is 0 Å². The molecule has 1 aliphatic rings. The summed E-state index contributed by atoms with van der Waals surface area (Å²) in [5.41, 5.74) is 1.65. The lowest BCUT2D eigenvalue weighted by Crippen LogP contribution is -2.35. The summed E-state index contributed by atoms with van der Waals surface area (Å²) in [6, 6.07) is 12.3. The molecule has 0 aliphatic carbocycles. The van der Waals surface area contributed by atoms with E-state index in [1.54, 1.807) is 24.3 Å². The zero-order valence-corrected chi connectivity index (χ0v) is 16.2. The number of ether oxygens (including phenoxy) is 2. The second-order valence-corrected chi connectivity index (χ2v) is 7.23. The molecule has 2 aromatic carbocycles. The van der Waals surface area contributed by atoms with Gasteiger partial charge in [-0.25, -0.2) is 0 Å². The molecule has 27 heavy (non-hydrogen) atoms. The van der Waals surface area contributed by atoms with Gasteiger partial charge in [0.25, 0.3) is 5.91 Å². The first-order valence-corrected chi connectivity index (χ1v) is 9.31. The van der Waals surface area contributed by atoms with Crippen LogP contribution in [0.25, 0.3) is 0 Å². The molecule has 1 amide bonds. The number of rotatable bonds is 5. The van der Waals surface area contributed by atoms with Gasteiger partial charge in [0.2, 0.25) is 0 Å². The Hall–Kier alpha value is -2.24. The summed E-state index contributed by atoms with van der Waals surface area (Å²) in [4.78, 5) is 24.4. The highest BCUT2D eigenvalue weighted by Gasteiger charge is 2.28. The number of hydrogen-bond donors (Lipinski definition) is 1. The molecule has 0 radical (unpaired) electrons. The quantitative estimate of drug-likeness (QED) is 0.761. The zero-order chi connectivity index (χ0) is 19.4. The maximum absolute atomic E-state index is 12.3. The Labute approximate surface area is 167 Å². The van der Waals surface area contributed by atoms with Gasteiger partial charge in [0.1, 0.15) is 12.4 Å². The van der Waals surface area contributed by atoms with Crippen LogP contribution in [-0.4, -0.2) is 25.1 Å². The summed E-state index contributed by atoms with van der Waals surface area (Å²) >= 11 is 12.1. The Balaban J connectivity index is 1.50. The Morgan fingerprint density at radius 1 is 1.26 bits per heavy atom. The fourth-order valence-corrected chi connectivity index (χ4v) is 3.45. The molecule has 3 rings (SSSR count). The number of hydrogen-bond acceptors (Lipinski definition) is 4. The largest absolute Gasteiger partial charge is 0.492 e. The van der Waals surface area contributed by atoms with Gasteiger partial charge >= 0.3 is 5.97 Å². The number of halogens is 2. The number of nitrogens with one attached hydrogen (secondary N) is 1. The van der Waals surface area contributed by atoms with Crippen LogP contribution in [0, 0.1) is 5.92 Å². The van der Waals surface area contributed by atoms with E-state index in [-0.39, 0.29) is 19.3 Å². The minimum absolute atomic E-state index is 0.213. The second kappa shape index (κ2) is 8.63. The van der Waals surface area contributed by atoms with E-state index in [9.17, 15) is 9.59 Å². The van der Waals surface area contributed by atoms with Gasteiger partial charge in [-0.3, -0.25) is 9.59 Å². The van der Waals surface area contributed by atoms with E-state index in [0.29, 0.717) is 16.5 Å². The average Bonchev–Trinajstić information content (AvgIpc) is 2.65. The molecule has 7 heteroatoms. The summed E-state index contributed by atoms with van der Waals surface area (Å²) in [6.45, 7) is 1.67. The molecule has 1 heterocycles. The topological polar surface area (TPSA) is 64.6 Å². The molecule has 0 aromatic heterocycles. The fraction of sp³-hybridized carbons (Fsp3) is 0.300. The summed E-state index contributed by atoms with van der Waals surface area (Å²) < 4.78 is 10.7. The van der Waals surface area contributed by atoms with E-state index in [2.05, 4.69) is 5.32 Å². The van der Waals surface area contributed by atoms with Crippen LogP contribution in [0.5, 0.6) is 5.75 Å². The van der Waals surface area contributed by atoms with Crippen molar-refractivity contribution in [3.8, 4) is 5.75 Å². The monoisotopic (exact) mass is 407 g/mol. The number of carbonyl (C=O) groups excluding carboxylic acids is 2. The molecule has 1 N–H and O–H groups in total. The van der Waals surface area contributed by atoms with Crippen LogP contribution in [0.2, 0.25) is 10.0 Å². The first-order chi connectivity index (χ1) is 12.9. The normalized spacial score (nSPS) is 16.6. The van der Waals surface area contributed by atoms with Crippen LogP contribution >= 0.6 is 23.2 Å². The van der Waals surface area contributed by atoms with Crippen LogP contribution in [0.4, 0.5) is 0 Å². The van der Waals surface area contributed by atoms with E-state index in [1.165, 1.54) is 0 Å². The molecule has 5 nitrogen and oxygen atoms in total. The minimum atomic E-state index is -0.471. The lowest BCUT2D eigenvalue weighted by Gasteiger charge is -2.24. The molecule has 142 valence electrons. The zero-order valence-electron chi connectivity index (χ0n) is 14.7. The van der Waals surface area contributed by atoms with Gasteiger partial charge in [-0.15, -0.1) is 0 Å². The number of benzene rings is 2. The number of carbonyl (C=O) groups is 2. The van der Waals surface area contributed by atoms with E-state index >= 15 is 0 Å². The van der Waals surface area contributed by atoms with Crippen LogP contribution in [0.3, 0.4) is 0 Å². The SMILES string of the molecule is C[C@H](NC(=O)COC(=O)[C@H]1COc2ccc(Cl)cc2C1)c1ccccc1Cl. The maximum atomic E-state index is 12.3. The molecule has 2 aromatic rings. The molecule has 0 bridgehead atoms. The van der Waals surface area contributed by atoms with E-state index in [1.807, 2.05) is 25.1 Å². The van der Waals surface area contributed by atoms with Gasteiger partial charge in [-0.05, 0) is 48.7 Å². The summed E-state index contributed by atoms with van der Waals surface area (Å²) in [6.07, 6.45) is 0.465. The Kier molecular flexibility index (Phi) is 6.24. The third-order valence-electron chi connectivity index (χ3n) is 4.36. The first kappa shape index (κ1) is 19.5. The molecule has 0 fully saturated rings. The lowest BCUT2D eigenvalue weighted by molar-refractivity contribution is -0.154. The highest BCUT2D eigenvalue weighted by Crippen LogP contribution is 2.30. The Morgan fingerprint density at radius 2 is 2.04 bits per heavy atom. The van der Waals surface area contributed by atoms with Crippen LogP contribution in [0.1, 0.15) is 24.1 Å². The van der Waals surface area contributed by atoms with Crippen molar-refractivity contribution in [3.63, 3.8) is 0 Å². The van der Waals surface area contributed by atoms with Gasteiger partial charge in [-0.2, -0.15) is 0 Å². The van der Waals surface area contributed by atoms with Crippen molar-refractivity contribution in [2.45, 2.75) is 19.4 Å². The fourth-order valence-electron chi connectivity index (χ4n) is 2.96. The predicted octanol–water partition coefficient (Wildman–Crippen LogP) is 3.97. The van der Waals surface area contributed by atoms with Crippen LogP contribution in [0.15, 0.2) is 42.5 Å². The first-order valence-electron chi connectivity index (χ1n) is 8.55. The van der Waals surface area contributed by atoms with Crippen molar-refractivity contribution in [3.05, 3.63) is 63.6 Å². The van der Waals surface area contributed by atoms with E-state index in [4.69, 9.17) is 32.7 Å². The predicted molar refractivity (Wildman–Crippen MR) is 103 cm³/mol. The molecule has 0 spiro atoms. The average molecular weight is 408 g/mol. The smallest absolute Gasteiger partial charge is 0.313 e. The molecular formula is C20H19Cl2NO4.